The van der Waals surface area contributed by atoms with Gasteiger partial charge in [0.2, 0.25) is 0 Å². The lowest BCUT2D eigenvalue weighted by Gasteiger charge is -2.23. The van der Waals surface area contributed by atoms with Crippen LogP contribution in [-0.4, -0.2) is 34.1 Å². The number of fused-ring (bicyclic) bond motifs is 1. The molecule has 0 aromatic carbocycles. The van der Waals surface area contributed by atoms with Gasteiger partial charge in [-0.2, -0.15) is 0 Å². The van der Waals surface area contributed by atoms with E-state index in [2.05, 4.69) is 19.3 Å². The molecule has 0 spiro atoms. The molecule has 0 aliphatic carbocycles. The molecular weight excluding hydrogens is 290 g/mol. The third-order valence-electron chi connectivity index (χ3n) is 3.98. The van der Waals surface area contributed by atoms with Crippen LogP contribution in [0.15, 0.2) is 23.6 Å². The highest BCUT2D eigenvalue weighted by molar-refractivity contribution is 7.89. The average Bonchev–Trinajstić information content (AvgIpc) is 3.04. The smallest absolute Gasteiger partial charge is 0.259 e. The Bertz CT molecular complexity index is 727. The molecule has 1 N–H and O–H groups in total. The Hall–Kier alpha value is -1.67. The lowest BCUT2D eigenvalue weighted by molar-refractivity contribution is 0.379. The Morgan fingerprint density at radius 2 is 2.29 bits per heavy atom. The first-order valence-electron chi connectivity index (χ1n) is 6.95. The van der Waals surface area contributed by atoms with Gasteiger partial charge in [-0.3, -0.25) is 0 Å². The van der Waals surface area contributed by atoms with Gasteiger partial charge in [0.25, 0.3) is 10.0 Å². The van der Waals surface area contributed by atoms with Crippen LogP contribution in [0.25, 0.3) is 0 Å². The van der Waals surface area contributed by atoms with Crippen molar-refractivity contribution in [1.29, 1.82) is 0 Å². The number of aromatic nitrogens is 4. The van der Waals surface area contributed by atoms with Crippen molar-refractivity contribution in [3.63, 3.8) is 0 Å². The van der Waals surface area contributed by atoms with E-state index in [0.717, 1.165) is 25.2 Å². The van der Waals surface area contributed by atoms with Crippen LogP contribution in [0, 0.1) is 12.8 Å². The normalized spacial score (nSPS) is 18.7. The summed E-state index contributed by atoms with van der Waals surface area (Å²) in [6, 6.07) is 0. The molecule has 0 bridgehead atoms. The van der Waals surface area contributed by atoms with Gasteiger partial charge in [0, 0.05) is 45.1 Å². The molecule has 1 aliphatic rings. The van der Waals surface area contributed by atoms with Gasteiger partial charge in [-0.05, 0) is 19.3 Å². The van der Waals surface area contributed by atoms with Crippen molar-refractivity contribution in [2.75, 3.05) is 6.54 Å². The van der Waals surface area contributed by atoms with Gasteiger partial charge < -0.3 is 9.13 Å². The number of nitrogens with zero attached hydrogens (tertiary/aromatic N) is 4. The second-order valence-electron chi connectivity index (χ2n) is 5.48. The molecule has 1 unspecified atom stereocenters. The zero-order valence-corrected chi connectivity index (χ0v) is 13.0. The number of hydrogen-bond donors (Lipinski definition) is 1. The van der Waals surface area contributed by atoms with E-state index < -0.39 is 10.0 Å². The summed E-state index contributed by atoms with van der Waals surface area (Å²) in [5.74, 6) is 1.98. The summed E-state index contributed by atoms with van der Waals surface area (Å²) in [5, 5.41) is 0.0832. The molecule has 7 nitrogen and oxygen atoms in total. The highest BCUT2D eigenvalue weighted by Crippen LogP contribution is 2.19. The van der Waals surface area contributed by atoms with E-state index in [-0.39, 0.29) is 10.9 Å². The zero-order chi connectivity index (χ0) is 15.0. The Morgan fingerprint density at radius 1 is 1.48 bits per heavy atom. The molecule has 2 aromatic heterocycles. The maximum Gasteiger partial charge on any atom is 0.259 e. The lowest BCUT2D eigenvalue weighted by atomic mass is 9.98. The summed E-state index contributed by atoms with van der Waals surface area (Å²) < 4.78 is 30.9. The highest BCUT2D eigenvalue weighted by atomic mass is 32.2. The predicted octanol–water partition coefficient (Wildman–Crippen LogP) is 0.466. The van der Waals surface area contributed by atoms with Gasteiger partial charge in [-0.15, -0.1) is 0 Å². The van der Waals surface area contributed by atoms with Crippen LogP contribution in [0.5, 0.6) is 0 Å². The first-order chi connectivity index (χ1) is 9.95. The fraction of sp³-hybridized carbons (Fsp3) is 0.538. The Kier molecular flexibility index (Phi) is 3.58. The van der Waals surface area contributed by atoms with Crippen LogP contribution in [0.1, 0.15) is 18.1 Å². The number of aryl methyl sites for hydroxylation is 3. The minimum Gasteiger partial charge on any atom is -0.337 e. The maximum atomic E-state index is 12.2. The largest absolute Gasteiger partial charge is 0.337 e. The molecule has 1 aliphatic heterocycles. The van der Waals surface area contributed by atoms with E-state index in [1.54, 1.807) is 24.7 Å². The Labute approximate surface area is 124 Å². The molecule has 3 heterocycles. The molecule has 0 saturated carbocycles. The maximum absolute atomic E-state index is 12.2. The van der Waals surface area contributed by atoms with Crippen LogP contribution in [0.2, 0.25) is 0 Å². The van der Waals surface area contributed by atoms with Crippen LogP contribution >= 0.6 is 0 Å². The molecule has 2 aromatic rings. The van der Waals surface area contributed by atoms with Crippen molar-refractivity contribution < 1.29 is 8.42 Å². The molecule has 0 saturated heterocycles. The van der Waals surface area contributed by atoms with Gasteiger partial charge in [0.1, 0.15) is 11.6 Å². The van der Waals surface area contributed by atoms with E-state index in [4.69, 9.17) is 0 Å². The fourth-order valence-corrected chi connectivity index (χ4v) is 3.70. The minimum absolute atomic E-state index is 0.0832. The van der Waals surface area contributed by atoms with Crippen LogP contribution in [-0.2, 0) is 30.0 Å². The summed E-state index contributed by atoms with van der Waals surface area (Å²) in [6.07, 6.45) is 7.04. The van der Waals surface area contributed by atoms with E-state index >= 15 is 0 Å². The predicted molar refractivity (Wildman–Crippen MR) is 77.2 cm³/mol. The van der Waals surface area contributed by atoms with Gasteiger partial charge in [0.05, 0.1) is 0 Å². The summed E-state index contributed by atoms with van der Waals surface area (Å²) in [7, 11) is -1.75. The summed E-state index contributed by atoms with van der Waals surface area (Å²) in [6.45, 7) is 3.09. The molecule has 21 heavy (non-hydrogen) atoms. The van der Waals surface area contributed by atoms with Crippen molar-refractivity contribution in [3.8, 4) is 0 Å². The van der Waals surface area contributed by atoms with E-state index in [0.29, 0.717) is 12.4 Å². The van der Waals surface area contributed by atoms with Crippen LogP contribution in [0.3, 0.4) is 0 Å². The van der Waals surface area contributed by atoms with Crippen molar-refractivity contribution in [2.24, 2.45) is 13.0 Å². The molecule has 114 valence electrons. The summed E-state index contributed by atoms with van der Waals surface area (Å²) >= 11 is 0. The molecule has 8 heteroatoms. The average molecular weight is 309 g/mol. The van der Waals surface area contributed by atoms with Gasteiger partial charge in [-0.1, -0.05) is 0 Å². The minimum atomic E-state index is -3.53. The fourth-order valence-electron chi connectivity index (χ4n) is 2.55. The van der Waals surface area contributed by atoms with E-state index in [9.17, 15) is 8.42 Å². The standard InChI is InChI=1S/C13H19N5O2S/c1-10-16-13(9-17(10)2)21(19,20)15-8-11-3-5-18-6-4-14-12(18)7-11/h4,6,9,11,15H,3,5,7-8H2,1-2H3. The molecule has 0 fully saturated rings. The number of hydrogen-bond acceptors (Lipinski definition) is 4. The van der Waals surface area contributed by atoms with Crippen LogP contribution in [0.4, 0.5) is 0 Å². The number of sulfonamides is 1. The summed E-state index contributed by atoms with van der Waals surface area (Å²) in [4.78, 5) is 8.36. The topological polar surface area (TPSA) is 81.8 Å². The highest BCUT2D eigenvalue weighted by Gasteiger charge is 2.23. The lowest BCUT2D eigenvalue weighted by Crippen LogP contribution is -2.33. The monoisotopic (exact) mass is 309 g/mol. The van der Waals surface area contributed by atoms with Gasteiger partial charge in [0.15, 0.2) is 5.03 Å². The molecule has 1 atom stereocenters. The zero-order valence-electron chi connectivity index (χ0n) is 12.2. The number of rotatable bonds is 4. The van der Waals surface area contributed by atoms with Crippen molar-refractivity contribution in [1.82, 2.24) is 23.8 Å². The van der Waals surface area contributed by atoms with Gasteiger partial charge >= 0.3 is 0 Å². The molecule has 3 rings (SSSR count). The number of imidazole rings is 2. The first kappa shape index (κ1) is 14.3. The Balaban J connectivity index is 1.65. The van der Waals surface area contributed by atoms with Crippen molar-refractivity contribution in [2.45, 2.75) is 31.3 Å². The van der Waals surface area contributed by atoms with E-state index in [1.165, 1.54) is 6.20 Å². The quantitative estimate of drug-likeness (QED) is 0.890. The Morgan fingerprint density at radius 3 is 3.00 bits per heavy atom. The van der Waals surface area contributed by atoms with Gasteiger partial charge in [-0.25, -0.2) is 23.1 Å². The first-order valence-corrected chi connectivity index (χ1v) is 8.43. The number of nitrogens with one attached hydrogen (secondary N) is 1. The molecular formula is C13H19N5O2S. The third-order valence-corrected chi connectivity index (χ3v) is 5.27. The van der Waals surface area contributed by atoms with Crippen LogP contribution < -0.4 is 4.72 Å². The third kappa shape index (κ3) is 2.86. The second-order valence-corrected chi connectivity index (χ2v) is 7.20. The van der Waals surface area contributed by atoms with Crippen molar-refractivity contribution >= 4 is 10.0 Å². The molecule has 0 amide bonds. The second kappa shape index (κ2) is 5.27. The SMILES string of the molecule is Cc1nc(S(=O)(=O)NCC2CCn3ccnc3C2)cn1C. The molecule has 0 radical (unpaired) electrons. The van der Waals surface area contributed by atoms with E-state index in [1.807, 2.05) is 6.20 Å². The summed E-state index contributed by atoms with van der Waals surface area (Å²) in [5.41, 5.74) is 0. The van der Waals surface area contributed by atoms with Crippen molar-refractivity contribution in [3.05, 3.63) is 30.2 Å².